The van der Waals surface area contributed by atoms with Gasteiger partial charge < -0.3 is 10.1 Å². The lowest BCUT2D eigenvalue weighted by Crippen LogP contribution is -2.44. The molecule has 110 valence electrons. The SMILES string of the molecule is O=[N+]([O-])c1ccsc1NC1CCN(C2CCOC2)CC1. The molecule has 1 atom stereocenters. The first-order valence-corrected chi connectivity index (χ1v) is 7.92. The van der Waals surface area contributed by atoms with Crippen LogP contribution in [0.25, 0.3) is 0 Å². The number of ether oxygens (including phenoxy) is 1. The summed E-state index contributed by atoms with van der Waals surface area (Å²) in [6.07, 6.45) is 3.20. The number of nitrogens with one attached hydrogen (secondary N) is 1. The second-order valence-corrected chi connectivity index (χ2v) is 6.28. The molecule has 3 heterocycles. The normalized spacial score (nSPS) is 24.9. The smallest absolute Gasteiger partial charge is 0.303 e. The minimum atomic E-state index is -0.316. The van der Waals surface area contributed by atoms with E-state index in [2.05, 4.69) is 10.2 Å². The fourth-order valence-electron chi connectivity index (χ4n) is 2.96. The lowest BCUT2D eigenvalue weighted by Gasteiger charge is -2.35. The van der Waals surface area contributed by atoms with Gasteiger partial charge in [-0.05, 0) is 24.6 Å². The van der Waals surface area contributed by atoms with Crippen LogP contribution in [0.3, 0.4) is 0 Å². The summed E-state index contributed by atoms with van der Waals surface area (Å²) >= 11 is 1.41. The van der Waals surface area contributed by atoms with Crippen molar-refractivity contribution in [1.82, 2.24) is 4.90 Å². The summed E-state index contributed by atoms with van der Waals surface area (Å²) in [7, 11) is 0. The lowest BCUT2D eigenvalue weighted by atomic mass is 10.0. The Kier molecular flexibility index (Phi) is 4.18. The van der Waals surface area contributed by atoms with E-state index in [-0.39, 0.29) is 10.6 Å². The predicted molar refractivity (Wildman–Crippen MR) is 78.4 cm³/mol. The quantitative estimate of drug-likeness (QED) is 0.682. The van der Waals surface area contributed by atoms with Gasteiger partial charge in [0, 0.05) is 37.8 Å². The first kappa shape index (κ1) is 13.8. The van der Waals surface area contributed by atoms with Gasteiger partial charge in [-0.2, -0.15) is 0 Å². The van der Waals surface area contributed by atoms with Crippen molar-refractivity contribution >= 4 is 22.0 Å². The van der Waals surface area contributed by atoms with E-state index < -0.39 is 0 Å². The van der Waals surface area contributed by atoms with Gasteiger partial charge >= 0.3 is 5.69 Å². The highest BCUT2D eigenvalue weighted by Crippen LogP contribution is 2.32. The Hall–Kier alpha value is -1.18. The minimum Gasteiger partial charge on any atom is -0.380 e. The van der Waals surface area contributed by atoms with Crippen molar-refractivity contribution in [3.8, 4) is 0 Å². The number of nitro groups is 1. The van der Waals surface area contributed by atoms with Crippen LogP contribution in [0.4, 0.5) is 10.7 Å². The standard InChI is InChI=1S/C13H19N3O3S/c17-16(18)12-4-8-20-13(12)14-10-1-5-15(6-2-10)11-3-7-19-9-11/h4,8,10-11,14H,1-3,5-7,9H2. The fraction of sp³-hybridized carbons (Fsp3) is 0.692. The number of thiophene rings is 1. The maximum Gasteiger partial charge on any atom is 0.303 e. The van der Waals surface area contributed by atoms with Gasteiger partial charge in [0.15, 0.2) is 5.00 Å². The van der Waals surface area contributed by atoms with Gasteiger partial charge in [-0.25, -0.2) is 0 Å². The third-order valence-corrected chi connectivity index (χ3v) is 4.96. The van der Waals surface area contributed by atoms with E-state index in [9.17, 15) is 10.1 Å². The van der Waals surface area contributed by atoms with Gasteiger partial charge in [0.05, 0.1) is 11.5 Å². The maximum absolute atomic E-state index is 10.9. The van der Waals surface area contributed by atoms with E-state index in [1.807, 2.05) is 0 Å². The van der Waals surface area contributed by atoms with Crippen LogP contribution in [-0.4, -0.2) is 48.2 Å². The summed E-state index contributed by atoms with van der Waals surface area (Å²) in [6, 6.07) is 2.48. The monoisotopic (exact) mass is 297 g/mol. The average molecular weight is 297 g/mol. The second-order valence-electron chi connectivity index (χ2n) is 5.36. The van der Waals surface area contributed by atoms with Crippen molar-refractivity contribution in [3.05, 3.63) is 21.6 Å². The molecule has 1 aromatic rings. The van der Waals surface area contributed by atoms with Crippen LogP contribution in [0.1, 0.15) is 19.3 Å². The third-order valence-electron chi connectivity index (χ3n) is 4.13. The van der Waals surface area contributed by atoms with Gasteiger partial charge in [0.2, 0.25) is 0 Å². The second kappa shape index (κ2) is 6.07. The molecular formula is C13H19N3O3S. The summed E-state index contributed by atoms with van der Waals surface area (Å²) in [5.41, 5.74) is 0.196. The fourth-order valence-corrected chi connectivity index (χ4v) is 3.79. The molecule has 0 spiro atoms. The van der Waals surface area contributed by atoms with Crippen molar-refractivity contribution in [2.45, 2.75) is 31.3 Å². The summed E-state index contributed by atoms with van der Waals surface area (Å²) in [5, 5.41) is 16.7. The zero-order valence-corrected chi connectivity index (χ0v) is 12.1. The van der Waals surface area contributed by atoms with Crippen molar-refractivity contribution in [3.63, 3.8) is 0 Å². The molecule has 1 unspecified atom stereocenters. The van der Waals surface area contributed by atoms with E-state index in [0.29, 0.717) is 17.1 Å². The molecule has 0 aromatic carbocycles. The molecule has 0 amide bonds. The molecule has 2 fully saturated rings. The molecule has 2 aliphatic rings. The zero-order valence-electron chi connectivity index (χ0n) is 11.3. The molecule has 3 rings (SSSR count). The van der Waals surface area contributed by atoms with Crippen LogP contribution in [-0.2, 0) is 4.74 Å². The van der Waals surface area contributed by atoms with Gasteiger partial charge in [-0.15, -0.1) is 11.3 Å². The number of likely N-dealkylation sites (tertiary alicyclic amines) is 1. The Morgan fingerprint density at radius 2 is 2.20 bits per heavy atom. The number of hydrogen-bond donors (Lipinski definition) is 1. The predicted octanol–water partition coefficient (Wildman–Crippen LogP) is 2.32. The Balaban J connectivity index is 1.53. The molecule has 0 radical (unpaired) electrons. The molecular weight excluding hydrogens is 278 g/mol. The molecule has 1 N–H and O–H groups in total. The van der Waals surface area contributed by atoms with Gasteiger partial charge in [0.1, 0.15) is 0 Å². The lowest BCUT2D eigenvalue weighted by molar-refractivity contribution is -0.383. The van der Waals surface area contributed by atoms with Crippen molar-refractivity contribution in [2.75, 3.05) is 31.6 Å². The van der Waals surface area contributed by atoms with E-state index in [1.54, 1.807) is 11.4 Å². The number of nitrogens with zero attached hydrogens (tertiary/aromatic N) is 2. The first-order valence-electron chi connectivity index (χ1n) is 7.04. The summed E-state index contributed by atoms with van der Waals surface area (Å²) in [6.45, 7) is 3.83. The van der Waals surface area contributed by atoms with Crippen molar-refractivity contribution < 1.29 is 9.66 Å². The number of rotatable bonds is 4. The molecule has 7 heteroatoms. The highest BCUT2D eigenvalue weighted by atomic mass is 32.1. The summed E-state index contributed by atoms with van der Waals surface area (Å²) in [5.74, 6) is 0. The molecule has 2 saturated heterocycles. The highest BCUT2D eigenvalue weighted by Gasteiger charge is 2.28. The molecule has 1 aromatic heterocycles. The van der Waals surface area contributed by atoms with E-state index >= 15 is 0 Å². The Morgan fingerprint density at radius 1 is 1.40 bits per heavy atom. The van der Waals surface area contributed by atoms with Crippen LogP contribution < -0.4 is 5.32 Å². The first-order chi connectivity index (χ1) is 9.74. The van der Waals surface area contributed by atoms with Crippen LogP contribution >= 0.6 is 11.3 Å². The van der Waals surface area contributed by atoms with Crippen LogP contribution in [0, 0.1) is 10.1 Å². The average Bonchev–Trinajstić information content (AvgIpc) is 3.10. The van der Waals surface area contributed by atoms with Crippen LogP contribution in [0.5, 0.6) is 0 Å². The van der Waals surface area contributed by atoms with E-state index in [4.69, 9.17) is 4.74 Å². The molecule has 0 saturated carbocycles. The zero-order chi connectivity index (χ0) is 13.9. The van der Waals surface area contributed by atoms with E-state index in [0.717, 1.165) is 45.6 Å². The van der Waals surface area contributed by atoms with Gasteiger partial charge in [-0.1, -0.05) is 0 Å². The molecule has 0 bridgehead atoms. The van der Waals surface area contributed by atoms with Crippen LogP contribution in [0.2, 0.25) is 0 Å². The summed E-state index contributed by atoms with van der Waals surface area (Å²) in [4.78, 5) is 13.1. The Morgan fingerprint density at radius 3 is 2.85 bits per heavy atom. The molecule has 0 aliphatic carbocycles. The largest absolute Gasteiger partial charge is 0.380 e. The molecule has 20 heavy (non-hydrogen) atoms. The van der Waals surface area contributed by atoms with Crippen molar-refractivity contribution in [2.24, 2.45) is 0 Å². The summed E-state index contributed by atoms with van der Waals surface area (Å²) < 4.78 is 5.43. The maximum atomic E-state index is 10.9. The van der Waals surface area contributed by atoms with E-state index in [1.165, 1.54) is 11.3 Å². The Bertz CT molecular complexity index is 465. The minimum absolute atomic E-state index is 0.196. The van der Waals surface area contributed by atoms with Crippen molar-refractivity contribution in [1.29, 1.82) is 0 Å². The van der Waals surface area contributed by atoms with Crippen LogP contribution in [0.15, 0.2) is 11.4 Å². The molecule has 6 nitrogen and oxygen atoms in total. The molecule has 2 aliphatic heterocycles. The number of hydrogen-bond acceptors (Lipinski definition) is 6. The topological polar surface area (TPSA) is 67.6 Å². The van der Waals surface area contributed by atoms with Gasteiger partial charge in [-0.3, -0.25) is 15.0 Å². The van der Waals surface area contributed by atoms with Gasteiger partial charge in [0.25, 0.3) is 0 Å². The highest BCUT2D eigenvalue weighted by molar-refractivity contribution is 7.14. The Labute approximate surface area is 121 Å². The number of piperidine rings is 1. The third kappa shape index (κ3) is 2.94. The number of anilines is 1.